The Bertz CT molecular complexity index is 698. The number of nitrogens with one attached hydrogen (secondary N) is 2. The average molecular weight is 292 g/mol. The molecular weight excluding hydrogens is 276 g/mol. The van der Waals surface area contributed by atoms with Gasteiger partial charge in [-0.1, -0.05) is 0 Å². The molecule has 0 spiro atoms. The molecule has 0 saturated carbocycles. The molecule has 0 aliphatic carbocycles. The van der Waals surface area contributed by atoms with E-state index in [1.807, 2.05) is 6.92 Å². The molecule has 21 heavy (non-hydrogen) atoms. The number of fused-ring (bicyclic) bond motifs is 1. The Kier molecular flexibility index (Phi) is 4.83. The van der Waals surface area contributed by atoms with Crippen LogP contribution in [0.1, 0.15) is 13.3 Å². The number of anilines is 1. The van der Waals surface area contributed by atoms with E-state index >= 15 is 0 Å². The van der Waals surface area contributed by atoms with Gasteiger partial charge in [0.2, 0.25) is 0 Å². The number of rotatable bonds is 7. The number of aromatic nitrogens is 2. The molecule has 0 aliphatic heterocycles. The maximum absolute atomic E-state index is 11.6. The van der Waals surface area contributed by atoms with Crippen LogP contribution in [0.5, 0.6) is 0 Å². The van der Waals surface area contributed by atoms with Gasteiger partial charge in [0, 0.05) is 25.8 Å². The Morgan fingerprint density at radius 1 is 1.48 bits per heavy atom. The number of nitro groups is 1. The van der Waals surface area contributed by atoms with E-state index in [-0.39, 0.29) is 11.1 Å². The maximum Gasteiger partial charge on any atom is 0.293 e. The largest absolute Gasteiger partial charge is 0.382 e. The van der Waals surface area contributed by atoms with E-state index in [0.717, 1.165) is 6.42 Å². The van der Waals surface area contributed by atoms with Gasteiger partial charge in [0.1, 0.15) is 5.69 Å². The first kappa shape index (κ1) is 14.9. The normalized spacial score (nSPS) is 10.7. The molecule has 1 aromatic heterocycles. The average Bonchev–Trinajstić information content (AvgIpc) is 2.46. The second kappa shape index (κ2) is 6.80. The molecule has 112 valence electrons. The first-order chi connectivity index (χ1) is 10.1. The van der Waals surface area contributed by atoms with Crippen molar-refractivity contribution in [3.63, 3.8) is 0 Å². The molecule has 0 radical (unpaired) electrons. The fourth-order valence-electron chi connectivity index (χ4n) is 1.94. The summed E-state index contributed by atoms with van der Waals surface area (Å²) in [7, 11) is 0. The summed E-state index contributed by atoms with van der Waals surface area (Å²) < 4.78 is 5.20. The number of H-pyrrole nitrogens is 1. The minimum atomic E-state index is -0.517. The number of hydrogen-bond acceptors (Lipinski definition) is 6. The molecule has 0 amide bonds. The van der Waals surface area contributed by atoms with Crippen molar-refractivity contribution < 1.29 is 9.66 Å². The van der Waals surface area contributed by atoms with Crippen LogP contribution in [0.2, 0.25) is 0 Å². The van der Waals surface area contributed by atoms with Crippen LogP contribution in [0.3, 0.4) is 0 Å². The Morgan fingerprint density at radius 2 is 2.29 bits per heavy atom. The summed E-state index contributed by atoms with van der Waals surface area (Å²) in [6.45, 7) is 3.67. The van der Waals surface area contributed by atoms with Crippen LogP contribution in [-0.4, -0.2) is 34.6 Å². The third kappa shape index (κ3) is 3.54. The van der Waals surface area contributed by atoms with Crippen molar-refractivity contribution in [1.29, 1.82) is 0 Å². The van der Waals surface area contributed by atoms with E-state index in [9.17, 15) is 14.9 Å². The fraction of sp³-hybridized carbons (Fsp3) is 0.385. The molecule has 2 N–H and O–H groups in total. The highest BCUT2D eigenvalue weighted by atomic mass is 16.6. The summed E-state index contributed by atoms with van der Waals surface area (Å²) in [5.41, 5.74) is 0.224. The van der Waals surface area contributed by atoms with E-state index in [2.05, 4.69) is 15.3 Å². The molecule has 1 heterocycles. The minimum absolute atomic E-state index is 0.141. The number of ether oxygens (including phenoxy) is 1. The fourth-order valence-corrected chi connectivity index (χ4v) is 1.94. The third-order valence-electron chi connectivity index (χ3n) is 2.94. The first-order valence-electron chi connectivity index (χ1n) is 6.61. The van der Waals surface area contributed by atoms with Gasteiger partial charge in [0.15, 0.2) is 0 Å². The third-order valence-corrected chi connectivity index (χ3v) is 2.94. The highest BCUT2D eigenvalue weighted by Gasteiger charge is 2.16. The van der Waals surface area contributed by atoms with Gasteiger partial charge < -0.3 is 15.0 Å². The molecule has 8 nitrogen and oxygen atoms in total. The van der Waals surface area contributed by atoms with E-state index in [4.69, 9.17) is 4.74 Å². The van der Waals surface area contributed by atoms with Gasteiger partial charge in [-0.05, 0) is 19.4 Å². The van der Waals surface area contributed by atoms with Gasteiger partial charge in [0.05, 0.1) is 22.2 Å². The molecular formula is C13H16N4O4. The van der Waals surface area contributed by atoms with Crippen molar-refractivity contribution >= 4 is 22.3 Å². The number of nitro benzene ring substituents is 1. The highest BCUT2D eigenvalue weighted by Crippen LogP contribution is 2.27. The molecule has 0 saturated heterocycles. The quantitative estimate of drug-likeness (QED) is 0.456. The van der Waals surface area contributed by atoms with E-state index < -0.39 is 10.5 Å². The van der Waals surface area contributed by atoms with Crippen molar-refractivity contribution in [3.8, 4) is 0 Å². The van der Waals surface area contributed by atoms with Gasteiger partial charge in [-0.15, -0.1) is 0 Å². The van der Waals surface area contributed by atoms with Crippen LogP contribution >= 0.6 is 0 Å². The zero-order chi connectivity index (χ0) is 15.2. The molecule has 0 bridgehead atoms. The molecule has 2 rings (SSSR count). The summed E-state index contributed by atoms with van der Waals surface area (Å²) in [5, 5.41) is 14.3. The van der Waals surface area contributed by atoms with Crippen molar-refractivity contribution in [2.75, 3.05) is 25.1 Å². The van der Waals surface area contributed by atoms with Crippen molar-refractivity contribution in [1.82, 2.24) is 9.97 Å². The van der Waals surface area contributed by atoms with Gasteiger partial charge in [-0.2, -0.15) is 0 Å². The Balaban J connectivity index is 2.26. The first-order valence-corrected chi connectivity index (χ1v) is 6.61. The van der Waals surface area contributed by atoms with Crippen molar-refractivity contribution in [3.05, 3.63) is 38.9 Å². The lowest BCUT2D eigenvalue weighted by molar-refractivity contribution is -0.383. The van der Waals surface area contributed by atoms with Gasteiger partial charge in [-0.3, -0.25) is 14.9 Å². The van der Waals surface area contributed by atoms with Crippen molar-refractivity contribution in [2.45, 2.75) is 13.3 Å². The van der Waals surface area contributed by atoms with E-state index in [1.54, 1.807) is 0 Å². The lowest BCUT2D eigenvalue weighted by atomic mass is 10.2. The van der Waals surface area contributed by atoms with Gasteiger partial charge >= 0.3 is 0 Å². The molecule has 0 atom stereocenters. The highest BCUT2D eigenvalue weighted by molar-refractivity contribution is 5.86. The van der Waals surface area contributed by atoms with Crippen molar-refractivity contribution in [2.24, 2.45) is 0 Å². The molecule has 0 unspecified atom stereocenters. The summed E-state index contributed by atoms with van der Waals surface area (Å²) in [4.78, 5) is 28.7. The summed E-state index contributed by atoms with van der Waals surface area (Å²) in [6.07, 6.45) is 2.00. The SMILES string of the molecule is CCOCCCNc1cc2nc[nH]c(=O)c2cc1[N+](=O)[O-]. The monoisotopic (exact) mass is 292 g/mol. The number of aromatic amines is 1. The second-order valence-corrected chi connectivity index (χ2v) is 4.35. The number of benzene rings is 1. The molecule has 8 heteroatoms. The molecule has 0 aliphatic rings. The van der Waals surface area contributed by atoms with Crippen LogP contribution in [0.15, 0.2) is 23.3 Å². The lowest BCUT2D eigenvalue weighted by Gasteiger charge is -2.08. The van der Waals surface area contributed by atoms with Crippen LogP contribution < -0.4 is 10.9 Å². The maximum atomic E-state index is 11.6. The second-order valence-electron chi connectivity index (χ2n) is 4.35. The summed E-state index contributed by atoms with van der Waals surface area (Å²) in [5.74, 6) is 0. The van der Waals surface area contributed by atoms with E-state index in [0.29, 0.717) is 31.0 Å². The standard InChI is InChI=1S/C13H16N4O4/c1-2-21-5-3-4-14-11-7-10-9(6-12(11)17(19)20)13(18)16-8-15-10/h6-8,14H,2-5H2,1H3,(H,15,16,18). The van der Waals surface area contributed by atoms with Crippen LogP contribution in [0, 0.1) is 10.1 Å². The zero-order valence-corrected chi connectivity index (χ0v) is 11.6. The van der Waals surface area contributed by atoms with Crippen LogP contribution in [0.25, 0.3) is 10.9 Å². The topological polar surface area (TPSA) is 110 Å². The number of nitrogens with zero attached hydrogens (tertiary/aromatic N) is 2. The Morgan fingerprint density at radius 3 is 3.00 bits per heavy atom. The van der Waals surface area contributed by atoms with Gasteiger partial charge in [0.25, 0.3) is 11.2 Å². The van der Waals surface area contributed by atoms with Crippen LogP contribution in [0.4, 0.5) is 11.4 Å². The minimum Gasteiger partial charge on any atom is -0.382 e. The summed E-state index contributed by atoms with van der Waals surface area (Å²) >= 11 is 0. The predicted molar refractivity (Wildman–Crippen MR) is 78.6 cm³/mol. The molecule has 0 fully saturated rings. The lowest BCUT2D eigenvalue weighted by Crippen LogP contribution is -2.10. The molecule has 2 aromatic rings. The molecule has 1 aromatic carbocycles. The van der Waals surface area contributed by atoms with Crippen LogP contribution in [-0.2, 0) is 4.74 Å². The Hall–Kier alpha value is -2.48. The zero-order valence-electron chi connectivity index (χ0n) is 11.6. The predicted octanol–water partition coefficient (Wildman–Crippen LogP) is 1.67. The van der Waals surface area contributed by atoms with E-state index in [1.165, 1.54) is 18.5 Å². The Labute approximate surface area is 120 Å². The summed E-state index contributed by atoms with van der Waals surface area (Å²) in [6, 6.07) is 2.76. The van der Waals surface area contributed by atoms with Gasteiger partial charge in [-0.25, -0.2) is 4.98 Å². The smallest absolute Gasteiger partial charge is 0.293 e. The number of hydrogen-bond donors (Lipinski definition) is 2.